The average molecular weight is 644 g/mol. The number of benzene rings is 1. The molecule has 5 heteroatoms. The molecular weight excluding hydrogens is 570 g/mol. The van der Waals surface area contributed by atoms with E-state index < -0.39 is 18.1 Å². The highest BCUT2D eigenvalue weighted by Gasteiger charge is 2.26. The predicted molar refractivity (Wildman–Crippen MR) is 195 cm³/mol. The second-order valence-corrected chi connectivity index (χ2v) is 13.7. The monoisotopic (exact) mass is 644 g/mol. The van der Waals surface area contributed by atoms with E-state index >= 15 is 0 Å². The Balaban J connectivity index is 2.32. The van der Waals surface area contributed by atoms with Crippen LogP contribution in [0.15, 0.2) is 30.3 Å². The first kappa shape index (κ1) is 42.1. The van der Waals surface area contributed by atoms with Gasteiger partial charge in [0, 0.05) is 6.42 Å². The summed E-state index contributed by atoms with van der Waals surface area (Å²) in [6.45, 7) is 4.29. The van der Waals surface area contributed by atoms with Gasteiger partial charge in [0.25, 0.3) is 0 Å². The molecule has 0 saturated heterocycles. The summed E-state index contributed by atoms with van der Waals surface area (Å²) in [5.41, 5.74) is 0.493. The third-order valence-corrected chi connectivity index (χ3v) is 9.36. The molecule has 46 heavy (non-hydrogen) atoms. The maximum Gasteiger partial charge on any atom is 0.338 e. The highest BCUT2D eigenvalue weighted by Crippen LogP contribution is 2.18. The van der Waals surface area contributed by atoms with Crippen LogP contribution in [-0.2, 0) is 9.53 Å². The Morgan fingerprint density at radius 3 is 1.39 bits per heavy atom. The van der Waals surface area contributed by atoms with E-state index in [0.29, 0.717) is 18.4 Å². The van der Waals surface area contributed by atoms with Crippen LogP contribution in [0, 0.1) is 0 Å². The molecule has 266 valence electrons. The first-order valence-corrected chi connectivity index (χ1v) is 19.8. The number of nitrogens with one attached hydrogen (secondary N) is 1. The van der Waals surface area contributed by atoms with E-state index in [-0.39, 0.29) is 12.5 Å². The van der Waals surface area contributed by atoms with E-state index in [4.69, 9.17) is 4.74 Å². The molecule has 2 N–H and O–H groups in total. The summed E-state index contributed by atoms with van der Waals surface area (Å²) in [5.74, 6) is -0.460. The molecule has 0 heterocycles. The van der Waals surface area contributed by atoms with Gasteiger partial charge in [-0.3, -0.25) is 4.79 Å². The number of carbonyl (C=O) groups excluding carboxylic acids is 2. The molecule has 0 fully saturated rings. The lowest BCUT2D eigenvalue weighted by Gasteiger charge is -2.27. The van der Waals surface area contributed by atoms with Crippen LogP contribution in [0.3, 0.4) is 0 Å². The number of aliphatic hydroxyl groups is 1. The summed E-state index contributed by atoms with van der Waals surface area (Å²) < 4.78 is 5.91. The molecule has 2 atom stereocenters. The average Bonchev–Trinajstić information content (AvgIpc) is 3.07. The van der Waals surface area contributed by atoms with E-state index in [1.807, 2.05) is 18.2 Å². The fourth-order valence-electron chi connectivity index (χ4n) is 6.32. The van der Waals surface area contributed by atoms with Crippen molar-refractivity contribution in [3.05, 3.63) is 35.9 Å². The van der Waals surface area contributed by atoms with Gasteiger partial charge < -0.3 is 15.2 Å². The zero-order valence-electron chi connectivity index (χ0n) is 30.2. The molecule has 0 aliphatic carbocycles. The lowest BCUT2D eigenvalue weighted by molar-refractivity contribution is -0.123. The number of amides is 1. The molecule has 0 aliphatic heterocycles. The highest BCUT2D eigenvalue weighted by atomic mass is 16.5. The number of ether oxygens (including phenoxy) is 1. The van der Waals surface area contributed by atoms with Crippen molar-refractivity contribution in [1.82, 2.24) is 5.32 Å². The van der Waals surface area contributed by atoms with Crippen molar-refractivity contribution in [3.8, 4) is 0 Å². The number of hydrogen-bond acceptors (Lipinski definition) is 4. The number of hydrogen-bond donors (Lipinski definition) is 2. The Morgan fingerprint density at radius 1 is 0.587 bits per heavy atom. The Hall–Kier alpha value is -1.88. The lowest BCUT2D eigenvalue weighted by Crippen LogP contribution is -2.47. The summed E-state index contributed by atoms with van der Waals surface area (Å²) in [6.07, 6.45) is 33.6. The molecule has 1 rings (SSSR count). The molecule has 0 saturated carbocycles. The second kappa shape index (κ2) is 31.7. The van der Waals surface area contributed by atoms with E-state index in [1.165, 1.54) is 141 Å². The summed E-state index contributed by atoms with van der Waals surface area (Å²) in [4.78, 5) is 25.7. The standard InChI is InChI=1S/C41H73NO4/c1-3-5-7-9-11-13-15-17-19-21-23-25-30-34-39(46-41(45)37-32-28-27-29-33-37)38(36-43)42-40(44)35-31-26-24-22-20-18-16-14-12-10-8-6-4-2/h27-29,32-33,38-39,43H,3-26,30-31,34-36H2,1-2H3,(H,42,44)/t38-,39+/m1/s1. The molecule has 0 bridgehead atoms. The number of unbranched alkanes of at least 4 members (excludes halogenated alkanes) is 24. The quantitative estimate of drug-likeness (QED) is 0.0590. The molecular formula is C41H73NO4. The number of rotatable bonds is 33. The fourth-order valence-corrected chi connectivity index (χ4v) is 6.32. The van der Waals surface area contributed by atoms with Gasteiger partial charge in [-0.1, -0.05) is 186 Å². The third kappa shape index (κ3) is 24.3. The minimum Gasteiger partial charge on any atom is -0.456 e. The van der Waals surface area contributed by atoms with Gasteiger partial charge in [0.2, 0.25) is 5.91 Å². The summed E-state index contributed by atoms with van der Waals surface area (Å²) in [6, 6.07) is 8.41. The first-order valence-electron chi connectivity index (χ1n) is 19.8. The Morgan fingerprint density at radius 2 is 0.978 bits per heavy atom. The van der Waals surface area contributed by atoms with Crippen LogP contribution < -0.4 is 5.32 Å². The topological polar surface area (TPSA) is 75.6 Å². The van der Waals surface area contributed by atoms with Crippen molar-refractivity contribution in [2.75, 3.05) is 6.61 Å². The SMILES string of the molecule is CCCCCCCCCCCCCCCC(=O)N[C@H](CO)[C@H](CCCCCCCCCCCCCCC)OC(=O)c1ccccc1. The maximum atomic E-state index is 12.9. The van der Waals surface area contributed by atoms with Crippen LogP contribution in [0.2, 0.25) is 0 Å². The van der Waals surface area contributed by atoms with Crippen molar-refractivity contribution in [2.45, 2.75) is 206 Å². The summed E-state index contributed by atoms with van der Waals surface area (Å²) in [5, 5.41) is 13.2. The summed E-state index contributed by atoms with van der Waals surface area (Å²) >= 11 is 0. The third-order valence-electron chi connectivity index (χ3n) is 9.36. The van der Waals surface area contributed by atoms with Crippen molar-refractivity contribution in [3.63, 3.8) is 0 Å². The van der Waals surface area contributed by atoms with E-state index in [9.17, 15) is 14.7 Å². The van der Waals surface area contributed by atoms with E-state index in [1.54, 1.807) is 12.1 Å². The first-order chi connectivity index (χ1) is 22.6. The number of carbonyl (C=O) groups is 2. The van der Waals surface area contributed by atoms with Crippen LogP contribution in [0.1, 0.15) is 204 Å². The van der Waals surface area contributed by atoms with Gasteiger partial charge in [0.1, 0.15) is 6.10 Å². The molecule has 1 amide bonds. The van der Waals surface area contributed by atoms with Gasteiger partial charge in [0.05, 0.1) is 18.2 Å². The Labute approximate surface area is 284 Å². The largest absolute Gasteiger partial charge is 0.456 e. The van der Waals surface area contributed by atoms with Gasteiger partial charge in [-0.25, -0.2) is 4.79 Å². The number of aliphatic hydroxyl groups excluding tert-OH is 1. The van der Waals surface area contributed by atoms with Crippen LogP contribution in [-0.4, -0.2) is 35.7 Å². The molecule has 5 nitrogen and oxygen atoms in total. The predicted octanol–water partition coefficient (Wildman–Crippen LogP) is 11.7. The zero-order chi connectivity index (χ0) is 33.3. The Bertz CT molecular complexity index is 814. The van der Waals surface area contributed by atoms with E-state index in [2.05, 4.69) is 19.2 Å². The molecule has 1 aromatic rings. The molecule has 0 unspecified atom stereocenters. The van der Waals surface area contributed by atoms with Crippen molar-refractivity contribution in [2.24, 2.45) is 0 Å². The van der Waals surface area contributed by atoms with Crippen LogP contribution in [0.5, 0.6) is 0 Å². The van der Waals surface area contributed by atoms with Gasteiger partial charge in [-0.15, -0.1) is 0 Å². The smallest absolute Gasteiger partial charge is 0.338 e. The van der Waals surface area contributed by atoms with Crippen molar-refractivity contribution >= 4 is 11.9 Å². The zero-order valence-corrected chi connectivity index (χ0v) is 30.2. The van der Waals surface area contributed by atoms with Crippen LogP contribution >= 0.6 is 0 Å². The van der Waals surface area contributed by atoms with E-state index in [0.717, 1.165) is 25.7 Å². The van der Waals surface area contributed by atoms with Crippen LogP contribution in [0.4, 0.5) is 0 Å². The Kier molecular flexibility index (Phi) is 29.0. The van der Waals surface area contributed by atoms with Crippen LogP contribution in [0.25, 0.3) is 0 Å². The van der Waals surface area contributed by atoms with Crippen molar-refractivity contribution in [1.29, 1.82) is 0 Å². The normalized spacial score (nSPS) is 12.6. The number of esters is 1. The highest BCUT2D eigenvalue weighted by molar-refractivity contribution is 5.89. The van der Waals surface area contributed by atoms with Gasteiger partial charge in [-0.2, -0.15) is 0 Å². The molecule has 0 aliphatic rings. The molecule has 0 radical (unpaired) electrons. The molecule has 1 aromatic carbocycles. The molecule has 0 spiro atoms. The molecule has 0 aromatic heterocycles. The fraction of sp³-hybridized carbons (Fsp3) is 0.805. The maximum absolute atomic E-state index is 12.9. The van der Waals surface area contributed by atoms with Gasteiger partial charge in [0.15, 0.2) is 0 Å². The minimum atomic E-state index is -0.584. The lowest BCUT2D eigenvalue weighted by atomic mass is 10.0. The second-order valence-electron chi connectivity index (χ2n) is 13.7. The summed E-state index contributed by atoms with van der Waals surface area (Å²) in [7, 11) is 0. The minimum absolute atomic E-state index is 0.0618. The van der Waals surface area contributed by atoms with Gasteiger partial charge in [-0.05, 0) is 31.4 Å². The van der Waals surface area contributed by atoms with Crippen molar-refractivity contribution < 1.29 is 19.4 Å². The van der Waals surface area contributed by atoms with Gasteiger partial charge >= 0.3 is 5.97 Å².